The molecule has 0 aromatic rings. The Balaban J connectivity index is 2.46. The van der Waals surface area contributed by atoms with E-state index >= 15 is 0 Å². The molecule has 1 saturated heterocycles. The standard InChI is InChI=1S/C9H17NO/c1-4-9(11)10-5-7(2)8(3)6-10/h7-8H,4-6H2,1-3H3/t7-,8+. The van der Waals surface area contributed by atoms with E-state index in [1.807, 2.05) is 11.8 Å². The number of nitrogens with zero attached hydrogens (tertiary/aromatic N) is 1. The van der Waals surface area contributed by atoms with Crippen molar-refractivity contribution >= 4 is 5.91 Å². The SMILES string of the molecule is CCC(=O)N1C[C@@H](C)[C@@H](C)C1. The van der Waals surface area contributed by atoms with Gasteiger partial charge >= 0.3 is 0 Å². The minimum atomic E-state index is 0.307. The first-order chi connectivity index (χ1) is 5.15. The van der Waals surface area contributed by atoms with Gasteiger partial charge in [-0.05, 0) is 11.8 Å². The van der Waals surface area contributed by atoms with Crippen LogP contribution in [0.2, 0.25) is 0 Å². The molecule has 2 nitrogen and oxygen atoms in total. The summed E-state index contributed by atoms with van der Waals surface area (Å²) in [6, 6.07) is 0. The maximum atomic E-state index is 11.2. The smallest absolute Gasteiger partial charge is 0.222 e. The highest BCUT2D eigenvalue weighted by Crippen LogP contribution is 2.22. The van der Waals surface area contributed by atoms with E-state index in [0.717, 1.165) is 13.1 Å². The second kappa shape index (κ2) is 3.24. The van der Waals surface area contributed by atoms with Gasteiger partial charge in [0.05, 0.1) is 0 Å². The van der Waals surface area contributed by atoms with Crippen molar-refractivity contribution in [1.82, 2.24) is 4.90 Å². The van der Waals surface area contributed by atoms with Gasteiger partial charge in [0.1, 0.15) is 0 Å². The molecule has 0 aromatic carbocycles. The molecule has 64 valence electrons. The quantitative estimate of drug-likeness (QED) is 0.562. The average Bonchev–Trinajstić information content (AvgIpc) is 2.31. The zero-order valence-electron chi connectivity index (χ0n) is 7.63. The molecule has 2 heteroatoms. The third kappa shape index (κ3) is 1.73. The highest BCUT2D eigenvalue weighted by molar-refractivity contribution is 5.76. The number of carbonyl (C=O) groups excluding carboxylic acids is 1. The lowest BCUT2D eigenvalue weighted by molar-refractivity contribution is -0.130. The Morgan fingerprint density at radius 1 is 1.36 bits per heavy atom. The Kier molecular flexibility index (Phi) is 2.53. The molecular formula is C9H17NO. The topological polar surface area (TPSA) is 20.3 Å². The predicted octanol–water partition coefficient (Wildman–Crippen LogP) is 1.51. The molecule has 1 fully saturated rings. The van der Waals surface area contributed by atoms with Gasteiger partial charge in [0.15, 0.2) is 0 Å². The molecule has 1 amide bonds. The fourth-order valence-electron chi connectivity index (χ4n) is 1.56. The molecule has 1 aliphatic rings. The first kappa shape index (κ1) is 8.57. The predicted molar refractivity (Wildman–Crippen MR) is 45.2 cm³/mol. The number of carbonyl (C=O) groups is 1. The van der Waals surface area contributed by atoms with Crippen molar-refractivity contribution in [2.75, 3.05) is 13.1 Å². The largest absolute Gasteiger partial charge is 0.342 e. The number of rotatable bonds is 1. The van der Waals surface area contributed by atoms with Crippen LogP contribution in [0.15, 0.2) is 0 Å². The molecule has 11 heavy (non-hydrogen) atoms. The maximum Gasteiger partial charge on any atom is 0.222 e. The summed E-state index contributed by atoms with van der Waals surface area (Å²) < 4.78 is 0. The number of hydrogen-bond donors (Lipinski definition) is 0. The van der Waals surface area contributed by atoms with Crippen LogP contribution >= 0.6 is 0 Å². The highest BCUT2D eigenvalue weighted by Gasteiger charge is 2.27. The van der Waals surface area contributed by atoms with Gasteiger partial charge in [-0.1, -0.05) is 20.8 Å². The van der Waals surface area contributed by atoms with Gasteiger partial charge in [-0.3, -0.25) is 4.79 Å². The second-order valence-electron chi connectivity index (χ2n) is 3.61. The minimum absolute atomic E-state index is 0.307. The van der Waals surface area contributed by atoms with E-state index in [0.29, 0.717) is 24.2 Å². The monoisotopic (exact) mass is 155 g/mol. The molecule has 0 aliphatic carbocycles. The summed E-state index contributed by atoms with van der Waals surface area (Å²) in [6.45, 7) is 8.29. The van der Waals surface area contributed by atoms with E-state index < -0.39 is 0 Å². The fraction of sp³-hybridized carbons (Fsp3) is 0.889. The number of amides is 1. The summed E-state index contributed by atoms with van der Waals surface area (Å²) in [5, 5.41) is 0. The van der Waals surface area contributed by atoms with E-state index in [1.165, 1.54) is 0 Å². The van der Waals surface area contributed by atoms with Gasteiger partial charge in [-0.25, -0.2) is 0 Å². The van der Waals surface area contributed by atoms with Crippen molar-refractivity contribution in [1.29, 1.82) is 0 Å². The van der Waals surface area contributed by atoms with Crippen molar-refractivity contribution < 1.29 is 4.79 Å². The van der Waals surface area contributed by atoms with Crippen LogP contribution in [0.4, 0.5) is 0 Å². The van der Waals surface area contributed by atoms with Gasteiger partial charge in [-0.15, -0.1) is 0 Å². The van der Waals surface area contributed by atoms with Crippen molar-refractivity contribution in [3.63, 3.8) is 0 Å². The Morgan fingerprint density at radius 3 is 2.18 bits per heavy atom. The normalized spacial score (nSPS) is 31.0. The van der Waals surface area contributed by atoms with Crippen LogP contribution in [0.25, 0.3) is 0 Å². The Bertz CT molecular complexity index is 146. The lowest BCUT2D eigenvalue weighted by Crippen LogP contribution is -2.27. The highest BCUT2D eigenvalue weighted by atomic mass is 16.2. The Labute approximate surface area is 68.6 Å². The van der Waals surface area contributed by atoms with Crippen LogP contribution < -0.4 is 0 Å². The molecule has 0 radical (unpaired) electrons. The van der Waals surface area contributed by atoms with Crippen molar-refractivity contribution in [2.24, 2.45) is 11.8 Å². The van der Waals surface area contributed by atoms with Gasteiger partial charge < -0.3 is 4.90 Å². The van der Waals surface area contributed by atoms with Crippen LogP contribution in [0, 0.1) is 11.8 Å². The Hall–Kier alpha value is -0.530. The number of hydrogen-bond acceptors (Lipinski definition) is 1. The summed E-state index contributed by atoms with van der Waals surface area (Å²) in [4.78, 5) is 13.2. The molecule has 0 aromatic heterocycles. The lowest BCUT2D eigenvalue weighted by Gasteiger charge is -2.13. The summed E-state index contributed by atoms with van der Waals surface area (Å²) >= 11 is 0. The molecule has 0 saturated carbocycles. The van der Waals surface area contributed by atoms with Crippen molar-refractivity contribution in [3.05, 3.63) is 0 Å². The van der Waals surface area contributed by atoms with Crippen molar-refractivity contribution in [2.45, 2.75) is 27.2 Å². The van der Waals surface area contributed by atoms with Gasteiger partial charge in [0.25, 0.3) is 0 Å². The summed E-state index contributed by atoms with van der Waals surface area (Å²) in [5.74, 6) is 1.68. The lowest BCUT2D eigenvalue weighted by atomic mass is 10.0. The third-order valence-corrected chi connectivity index (χ3v) is 2.64. The van der Waals surface area contributed by atoms with Crippen LogP contribution in [-0.4, -0.2) is 23.9 Å². The molecule has 0 unspecified atom stereocenters. The van der Waals surface area contributed by atoms with E-state index in [2.05, 4.69) is 13.8 Å². The van der Waals surface area contributed by atoms with E-state index in [9.17, 15) is 4.79 Å². The first-order valence-electron chi connectivity index (χ1n) is 4.43. The molecule has 2 atom stereocenters. The minimum Gasteiger partial charge on any atom is -0.342 e. The van der Waals surface area contributed by atoms with Gasteiger partial charge in [0, 0.05) is 19.5 Å². The van der Waals surface area contributed by atoms with E-state index in [-0.39, 0.29) is 0 Å². The van der Waals surface area contributed by atoms with Gasteiger partial charge in [0.2, 0.25) is 5.91 Å². The second-order valence-corrected chi connectivity index (χ2v) is 3.61. The molecule has 1 rings (SSSR count). The van der Waals surface area contributed by atoms with Crippen molar-refractivity contribution in [3.8, 4) is 0 Å². The molecule has 0 N–H and O–H groups in total. The van der Waals surface area contributed by atoms with E-state index in [4.69, 9.17) is 0 Å². The first-order valence-corrected chi connectivity index (χ1v) is 4.43. The van der Waals surface area contributed by atoms with Crippen LogP contribution in [0.3, 0.4) is 0 Å². The van der Waals surface area contributed by atoms with Crippen LogP contribution in [0.5, 0.6) is 0 Å². The van der Waals surface area contributed by atoms with Crippen LogP contribution in [0.1, 0.15) is 27.2 Å². The maximum absolute atomic E-state index is 11.2. The summed E-state index contributed by atoms with van der Waals surface area (Å²) in [6.07, 6.45) is 0.652. The zero-order valence-corrected chi connectivity index (χ0v) is 7.63. The summed E-state index contributed by atoms with van der Waals surface area (Å²) in [7, 11) is 0. The molecule has 0 spiro atoms. The van der Waals surface area contributed by atoms with E-state index in [1.54, 1.807) is 0 Å². The summed E-state index contributed by atoms with van der Waals surface area (Å²) in [5.41, 5.74) is 0. The van der Waals surface area contributed by atoms with Crippen LogP contribution in [-0.2, 0) is 4.79 Å². The number of likely N-dealkylation sites (tertiary alicyclic amines) is 1. The van der Waals surface area contributed by atoms with Gasteiger partial charge in [-0.2, -0.15) is 0 Å². The Morgan fingerprint density at radius 2 is 1.82 bits per heavy atom. The zero-order chi connectivity index (χ0) is 8.43. The average molecular weight is 155 g/mol. The third-order valence-electron chi connectivity index (χ3n) is 2.64. The molecule has 0 bridgehead atoms. The molecule has 1 heterocycles. The molecular weight excluding hydrogens is 138 g/mol. The molecule has 1 aliphatic heterocycles. The fourth-order valence-corrected chi connectivity index (χ4v) is 1.56.